The Morgan fingerprint density at radius 1 is 1.37 bits per heavy atom. The van der Waals surface area contributed by atoms with E-state index in [4.69, 9.17) is 5.26 Å². The zero-order valence-corrected chi connectivity index (χ0v) is 12.3. The molecule has 1 aromatic rings. The van der Waals surface area contributed by atoms with Crippen LogP contribution < -0.4 is 5.32 Å². The molecule has 0 fully saturated rings. The van der Waals surface area contributed by atoms with Crippen LogP contribution in [0.25, 0.3) is 0 Å². The molecule has 0 spiro atoms. The Bertz CT molecular complexity index is 446. The van der Waals surface area contributed by atoms with Crippen LogP contribution in [0.15, 0.2) is 24.3 Å². The first-order valence-corrected chi connectivity index (χ1v) is 6.80. The van der Waals surface area contributed by atoms with Gasteiger partial charge >= 0.3 is 0 Å². The molecule has 2 unspecified atom stereocenters. The molecular formula is C16H24N2O. The predicted octanol–water partition coefficient (Wildman–Crippen LogP) is 3.01. The van der Waals surface area contributed by atoms with E-state index >= 15 is 0 Å². The molecule has 0 aliphatic heterocycles. The van der Waals surface area contributed by atoms with Crippen molar-refractivity contribution in [1.82, 2.24) is 5.32 Å². The Kier molecular flexibility index (Phi) is 5.53. The van der Waals surface area contributed by atoms with Crippen molar-refractivity contribution in [3.8, 4) is 6.07 Å². The molecule has 104 valence electrons. The third-order valence-corrected chi connectivity index (χ3v) is 3.15. The number of rotatable bonds is 6. The third-order valence-electron chi connectivity index (χ3n) is 3.15. The van der Waals surface area contributed by atoms with Crippen LogP contribution in [0.5, 0.6) is 0 Å². The highest BCUT2D eigenvalue weighted by molar-refractivity contribution is 5.34. The van der Waals surface area contributed by atoms with E-state index < -0.39 is 5.60 Å². The number of hydrogen-bond donors (Lipinski definition) is 2. The van der Waals surface area contributed by atoms with Gasteiger partial charge in [0.05, 0.1) is 17.2 Å². The van der Waals surface area contributed by atoms with E-state index in [0.717, 1.165) is 12.0 Å². The molecule has 0 aromatic heterocycles. The first-order chi connectivity index (χ1) is 8.84. The average Bonchev–Trinajstić information content (AvgIpc) is 2.34. The van der Waals surface area contributed by atoms with Crippen molar-refractivity contribution >= 4 is 0 Å². The lowest BCUT2D eigenvalue weighted by molar-refractivity contribution is 0.0363. The minimum Gasteiger partial charge on any atom is -0.389 e. The summed E-state index contributed by atoms with van der Waals surface area (Å²) in [5.74, 6) is 0.467. The summed E-state index contributed by atoms with van der Waals surface area (Å²) in [5.41, 5.74) is 1.04. The molecule has 0 bridgehead atoms. The van der Waals surface area contributed by atoms with Gasteiger partial charge in [-0.2, -0.15) is 5.26 Å². The van der Waals surface area contributed by atoms with Crippen molar-refractivity contribution in [2.24, 2.45) is 5.92 Å². The molecule has 2 atom stereocenters. The fourth-order valence-corrected chi connectivity index (χ4v) is 2.32. The van der Waals surface area contributed by atoms with E-state index in [2.05, 4.69) is 25.2 Å². The summed E-state index contributed by atoms with van der Waals surface area (Å²) >= 11 is 0. The van der Waals surface area contributed by atoms with Crippen LogP contribution in [0.3, 0.4) is 0 Å². The van der Waals surface area contributed by atoms with E-state index in [1.54, 1.807) is 6.07 Å². The monoisotopic (exact) mass is 260 g/mol. The van der Waals surface area contributed by atoms with Gasteiger partial charge in [0.15, 0.2) is 0 Å². The summed E-state index contributed by atoms with van der Waals surface area (Å²) in [4.78, 5) is 0. The van der Waals surface area contributed by atoms with Gasteiger partial charge in [0.1, 0.15) is 0 Å². The molecule has 1 rings (SSSR count). The number of nitriles is 1. The molecule has 0 aliphatic rings. The highest BCUT2D eigenvalue weighted by Crippen LogP contribution is 2.18. The Labute approximate surface area is 116 Å². The zero-order chi connectivity index (χ0) is 14.5. The van der Waals surface area contributed by atoms with Gasteiger partial charge in [0.2, 0.25) is 0 Å². The number of hydrogen-bond acceptors (Lipinski definition) is 3. The zero-order valence-electron chi connectivity index (χ0n) is 12.3. The van der Waals surface area contributed by atoms with Crippen molar-refractivity contribution in [1.29, 1.82) is 5.26 Å². The Morgan fingerprint density at radius 2 is 2.05 bits per heavy atom. The molecule has 1 aromatic carbocycles. The average molecular weight is 260 g/mol. The second kappa shape index (κ2) is 6.70. The summed E-state index contributed by atoms with van der Waals surface area (Å²) in [5, 5.41) is 22.5. The van der Waals surface area contributed by atoms with Crippen molar-refractivity contribution in [3.63, 3.8) is 0 Å². The van der Waals surface area contributed by atoms with Gasteiger partial charge < -0.3 is 10.4 Å². The molecule has 0 aliphatic carbocycles. The molecule has 0 heterocycles. The van der Waals surface area contributed by atoms with Gasteiger partial charge in [-0.05, 0) is 43.9 Å². The van der Waals surface area contributed by atoms with Crippen LogP contribution in [-0.4, -0.2) is 17.3 Å². The summed E-state index contributed by atoms with van der Waals surface area (Å²) in [6, 6.07) is 9.82. The maximum atomic E-state index is 10.3. The van der Waals surface area contributed by atoms with Gasteiger partial charge in [-0.3, -0.25) is 0 Å². The maximum absolute atomic E-state index is 10.3. The lowest BCUT2D eigenvalue weighted by Gasteiger charge is -2.27. The number of nitrogens with one attached hydrogen (secondary N) is 1. The summed E-state index contributed by atoms with van der Waals surface area (Å²) < 4.78 is 0. The second-order valence-electron chi connectivity index (χ2n) is 5.93. The number of nitrogens with zero attached hydrogens (tertiary/aromatic N) is 1. The Hall–Kier alpha value is -1.37. The largest absolute Gasteiger partial charge is 0.389 e. The standard InChI is InChI=1S/C16H24N2O/c1-12(2)9-16(4,19)11-18-13(3)15-7-5-6-14(8-15)10-17/h5-8,12-13,18-19H,9,11H2,1-4H3. The quantitative estimate of drug-likeness (QED) is 0.826. The summed E-state index contributed by atoms with van der Waals surface area (Å²) in [7, 11) is 0. The first kappa shape index (κ1) is 15.7. The van der Waals surface area contributed by atoms with Gasteiger partial charge in [-0.25, -0.2) is 0 Å². The topological polar surface area (TPSA) is 56.0 Å². The molecule has 0 saturated heterocycles. The molecule has 0 saturated carbocycles. The van der Waals surface area contributed by atoms with Crippen molar-refractivity contribution in [2.75, 3.05) is 6.54 Å². The van der Waals surface area contributed by atoms with Crippen molar-refractivity contribution in [2.45, 2.75) is 45.8 Å². The van der Waals surface area contributed by atoms with E-state index in [9.17, 15) is 5.11 Å². The van der Waals surface area contributed by atoms with Crippen LogP contribution in [0.4, 0.5) is 0 Å². The minimum absolute atomic E-state index is 0.118. The molecule has 0 radical (unpaired) electrons. The van der Waals surface area contributed by atoms with Crippen molar-refractivity contribution in [3.05, 3.63) is 35.4 Å². The highest BCUT2D eigenvalue weighted by Gasteiger charge is 2.22. The minimum atomic E-state index is -0.699. The van der Waals surface area contributed by atoms with Crippen LogP contribution in [0.2, 0.25) is 0 Å². The third kappa shape index (κ3) is 5.42. The number of benzene rings is 1. The Balaban J connectivity index is 2.60. The number of aliphatic hydroxyl groups is 1. The lowest BCUT2D eigenvalue weighted by Crippen LogP contribution is -2.39. The van der Waals surface area contributed by atoms with Crippen LogP contribution in [0, 0.1) is 17.2 Å². The fourth-order valence-electron chi connectivity index (χ4n) is 2.32. The van der Waals surface area contributed by atoms with Crippen LogP contribution in [-0.2, 0) is 0 Å². The fraction of sp³-hybridized carbons (Fsp3) is 0.562. The lowest BCUT2D eigenvalue weighted by atomic mass is 9.94. The smallest absolute Gasteiger partial charge is 0.0991 e. The van der Waals surface area contributed by atoms with E-state index in [1.165, 1.54) is 0 Å². The summed E-state index contributed by atoms with van der Waals surface area (Å²) in [6.07, 6.45) is 0.769. The highest BCUT2D eigenvalue weighted by atomic mass is 16.3. The van der Waals surface area contributed by atoms with Crippen molar-refractivity contribution < 1.29 is 5.11 Å². The van der Waals surface area contributed by atoms with Gasteiger partial charge in [0.25, 0.3) is 0 Å². The Morgan fingerprint density at radius 3 is 2.63 bits per heavy atom. The molecule has 2 N–H and O–H groups in total. The van der Waals surface area contributed by atoms with E-state index in [1.807, 2.05) is 32.0 Å². The van der Waals surface area contributed by atoms with Gasteiger partial charge in [0, 0.05) is 12.6 Å². The van der Waals surface area contributed by atoms with E-state index in [-0.39, 0.29) is 6.04 Å². The molecule has 19 heavy (non-hydrogen) atoms. The van der Waals surface area contributed by atoms with Gasteiger partial charge in [-0.15, -0.1) is 0 Å². The predicted molar refractivity (Wildman–Crippen MR) is 77.7 cm³/mol. The second-order valence-corrected chi connectivity index (χ2v) is 5.93. The molecule has 3 heteroatoms. The maximum Gasteiger partial charge on any atom is 0.0991 e. The molecule has 0 amide bonds. The first-order valence-electron chi connectivity index (χ1n) is 6.80. The van der Waals surface area contributed by atoms with Gasteiger partial charge in [-0.1, -0.05) is 26.0 Å². The molecule has 3 nitrogen and oxygen atoms in total. The summed E-state index contributed by atoms with van der Waals surface area (Å²) in [6.45, 7) is 8.66. The van der Waals surface area contributed by atoms with Crippen LogP contribution in [0.1, 0.15) is 51.3 Å². The normalized spacial score (nSPS) is 15.8. The molecular weight excluding hydrogens is 236 g/mol. The van der Waals surface area contributed by atoms with E-state index in [0.29, 0.717) is 18.0 Å². The van der Waals surface area contributed by atoms with Crippen LogP contribution >= 0.6 is 0 Å². The SMILES string of the molecule is CC(C)CC(C)(O)CNC(C)c1cccc(C#N)c1.